The second-order valence-electron chi connectivity index (χ2n) is 6.77. The van der Waals surface area contributed by atoms with Crippen LogP contribution in [0.15, 0.2) is 47.8 Å². The summed E-state index contributed by atoms with van der Waals surface area (Å²) in [5, 5.41) is 12.8. The topological polar surface area (TPSA) is 71.5 Å². The van der Waals surface area contributed by atoms with Crippen molar-refractivity contribution in [2.45, 2.75) is 39.0 Å². The fourth-order valence-corrected chi connectivity index (χ4v) is 3.30. The number of aromatic nitrogens is 1. The highest BCUT2D eigenvalue weighted by Crippen LogP contribution is 2.46. The number of ether oxygens (including phenoxy) is 1. The Kier molecular flexibility index (Phi) is 5.06. The lowest BCUT2D eigenvalue weighted by Crippen LogP contribution is -2.24. The fourth-order valence-electron chi connectivity index (χ4n) is 3.30. The lowest BCUT2D eigenvalue weighted by Gasteiger charge is -2.31. The van der Waals surface area contributed by atoms with Gasteiger partial charge in [-0.25, -0.2) is 9.78 Å². The summed E-state index contributed by atoms with van der Waals surface area (Å²) >= 11 is 0. The van der Waals surface area contributed by atoms with Gasteiger partial charge in [0.1, 0.15) is 0 Å². The van der Waals surface area contributed by atoms with Crippen LogP contribution in [-0.2, 0) is 11.0 Å². The number of anilines is 1. The van der Waals surface area contributed by atoms with Crippen LogP contribution in [0.3, 0.4) is 0 Å². The van der Waals surface area contributed by atoms with E-state index in [1.165, 1.54) is 18.3 Å². The number of nitrogens with zero attached hydrogens (tertiary/aromatic N) is 1. The zero-order chi connectivity index (χ0) is 20.6. The third kappa shape index (κ3) is 3.67. The Morgan fingerprint density at radius 2 is 2.00 bits per heavy atom. The van der Waals surface area contributed by atoms with Gasteiger partial charge >= 0.3 is 12.1 Å². The molecule has 0 aliphatic carbocycles. The molecule has 28 heavy (non-hydrogen) atoms. The van der Waals surface area contributed by atoms with Gasteiger partial charge < -0.3 is 15.2 Å². The van der Waals surface area contributed by atoms with E-state index in [0.29, 0.717) is 16.9 Å². The summed E-state index contributed by atoms with van der Waals surface area (Å²) < 4.78 is 45.4. The third-order valence-electron chi connectivity index (χ3n) is 4.38. The van der Waals surface area contributed by atoms with Crippen LogP contribution in [0.25, 0.3) is 0 Å². The number of nitrogens with one attached hydrogen (secondary N) is 1. The van der Waals surface area contributed by atoms with Crippen LogP contribution in [0.5, 0.6) is 5.88 Å². The Hall–Kier alpha value is -3.03. The number of hydrogen-bond acceptors (Lipinski definition) is 4. The van der Waals surface area contributed by atoms with Crippen molar-refractivity contribution in [3.63, 3.8) is 0 Å². The highest BCUT2D eigenvalue weighted by Gasteiger charge is 2.37. The van der Waals surface area contributed by atoms with Gasteiger partial charge in [-0.15, -0.1) is 0 Å². The molecule has 5 nitrogen and oxygen atoms in total. The van der Waals surface area contributed by atoms with Gasteiger partial charge in [0.2, 0.25) is 5.88 Å². The molecule has 0 radical (unpaired) electrons. The SMILES string of the molecule is CC1=C(C(=O)O)C(c2cccc(C(F)(F)F)c2)c2c(ccnc2OC(C)C)N1. The highest BCUT2D eigenvalue weighted by atomic mass is 19.4. The molecule has 1 aliphatic heterocycles. The van der Waals surface area contributed by atoms with E-state index in [0.717, 1.165) is 12.1 Å². The van der Waals surface area contributed by atoms with Gasteiger partial charge in [-0.2, -0.15) is 13.2 Å². The van der Waals surface area contributed by atoms with Crippen LogP contribution < -0.4 is 10.1 Å². The van der Waals surface area contributed by atoms with Crippen molar-refractivity contribution in [3.05, 3.63) is 64.5 Å². The molecule has 1 unspecified atom stereocenters. The summed E-state index contributed by atoms with van der Waals surface area (Å²) in [5.41, 5.74) is 0.616. The van der Waals surface area contributed by atoms with E-state index >= 15 is 0 Å². The third-order valence-corrected chi connectivity index (χ3v) is 4.38. The summed E-state index contributed by atoms with van der Waals surface area (Å²) in [5.74, 6) is -2.00. The number of carbonyl (C=O) groups is 1. The fraction of sp³-hybridized carbons (Fsp3) is 0.300. The van der Waals surface area contributed by atoms with Crippen molar-refractivity contribution in [2.24, 2.45) is 0 Å². The summed E-state index contributed by atoms with van der Waals surface area (Å²) in [7, 11) is 0. The number of pyridine rings is 1. The number of alkyl halides is 3. The van der Waals surface area contributed by atoms with Crippen LogP contribution in [0.2, 0.25) is 0 Å². The van der Waals surface area contributed by atoms with E-state index in [-0.39, 0.29) is 23.1 Å². The second kappa shape index (κ2) is 7.18. The molecule has 1 aromatic heterocycles. The van der Waals surface area contributed by atoms with Crippen molar-refractivity contribution >= 4 is 11.7 Å². The molecule has 148 valence electrons. The Labute approximate surface area is 159 Å². The van der Waals surface area contributed by atoms with Crippen LogP contribution in [0, 0.1) is 0 Å². The number of rotatable bonds is 4. The van der Waals surface area contributed by atoms with Crippen molar-refractivity contribution in [1.82, 2.24) is 4.98 Å². The van der Waals surface area contributed by atoms with Gasteiger partial charge in [-0.1, -0.05) is 18.2 Å². The first kappa shape index (κ1) is 19.7. The van der Waals surface area contributed by atoms with Crippen molar-refractivity contribution in [1.29, 1.82) is 0 Å². The molecule has 2 aromatic rings. The van der Waals surface area contributed by atoms with Crippen molar-refractivity contribution < 1.29 is 27.8 Å². The molecule has 1 aliphatic rings. The minimum absolute atomic E-state index is 0.0477. The van der Waals surface area contributed by atoms with E-state index in [9.17, 15) is 23.1 Å². The van der Waals surface area contributed by atoms with Gasteiger partial charge in [0.25, 0.3) is 0 Å². The normalized spacial score (nSPS) is 16.6. The van der Waals surface area contributed by atoms with Gasteiger partial charge in [0, 0.05) is 23.1 Å². The molecule has 2 heterocycles. The standard InChI is InChI=1S/C20H19F3N2O3/c1-10(2)28-18-17-14(7-8-24-18)25-11(3)15(19(26)27)16(17)12-5-4-6-13(9-12)20(21,22)23/h4-10,16,25H,1-3H3,(H,26,27). The first-order valence-corrected chi connectivity index (χ1v) is 8.63. The first-order chi connectivity index (χ1) is 13.1. The molecule has 8 heteroatoms. The number of carboxylic acids is 1. The van der Waals surface area contributed by atoms with Crippen LogP contribution in [0.1, 0.15) is 43.4 Å². The van der Waals surface area contributed by atoms with E-state index in [2.05, 4.69) is 10.3 Å². The maximum Gasteiger partial charge on any atom is 0.416 e. The molecule has 0 spiro atoms. The molecule has 0 amide bonds. The highest BCUT2D eigenvalue weighted by molar-refractivity contribution is 5.93. The number of allylic oxidation sites excluding steroid dienone is 1. The predicted molar refractivity (Wildman–Crippen MR) is 97.2 cm³/mol. The van der Waals surface area contributed by atoms with Gasteiger partial charge in [-0.05, 0) is 38.5 Å². The maximum atomic E-state index is 13.2. The molecule has 1 atom stereocenters. The summed E-state index contributed by atoms with van der Waals surface area (Å²) in [6.07, 6.45) is -3.28. The molecular weight excluding hydrogens is 373 g/mol. The van der Waals surface area contributed by atoms with Crippen molar-refractivity contribution in [3.8, 4) is 5.88 Å². The molecule has 0 bridgehead atoms. The zero-order valence-corrected chi connectivity index (χ0v) is 15.5. The number of carboxylic acid groups (broad SMARTS) is 1. The van der Waals surface area contributed by atoms with Gasteiger partial charge in [-0.3, -0.25) is 0 Å². The largest absolute Gasteiger partial charge is 0.478 e. The average molecular weight is 392 g/mol. The molecule has 3 rings (SSSR count). The second-order valence-corrected chi connectivity index (χ2v) is 6.77. The number of halogens is 3. The number of fused-ring (bicyclic) bond motifs is 1. The van der Waals surface area contributed by atoms with Crippen molar-refractivity contribution in [2.75, 3.05) is 5.32 Å². The molecule has 0 saturated carbocycles. The zero-order valence-electron chi connectivity index (χ0n) is 15.5. The monoisotopic (exact) mass is 392 g/mol. The van der Waals surface area contributed by atoms with E-state index in [1.54, 1.807) is 26.8 Å². The predicted octanol–water partition coefficient (Wildman–Crippen LogP) is 4.80. The summed E-state index contributed by atoms with van der Waals surface area (Å²) in [4.78, 5) is 16.2. The van der Waals surface area contributed by atoms with E-state index in [4.69, 9.17) is 4.74 Å². The molecule has 0 fully saturated rings. The van der Waals surface area contributed by atoms with E-state index in [1.807, 2.05) is 0 Å². The minimum Gasteiger partial charge on any atom is -0.478 e. The molecule has 0 saturated heterocycles. The summed E-state index contributed by atoms with van der Waals surface area (Å²) in [6, 6.07) is 6.33. The van der Waals surface area contributed by atoms with E-state index < -0.39 is 23.6 Å². The summed E-state index contributed by atoms with van der Waals surface area (Å²) in [6.45, 7) is 5.15. The Morgan fingerprint density at radius 3 is 2.61 bits per heavy atom. The first-order valence-electron chi connectivity index (χ1n) is 8.63. The lowest BCUT2D eigenvalue weighted by atomic mass is 9.80. The number of aliphatic carboxylic acids is 1. The number of benzene rings is 1. The smallest absolute Gasteiger partial charge is 0.416 e. The van der Waals surface area contributed by atoms with Gasteiger partial charge in [0.05, 0.1) is 23.2 Å². The minimum atomic E-state index is -4.54. The molecule has 1 aromatic carbocycles. The average Bonchev–Trinajstić information content (AvgIpc) is 2.59. The molecular formula is C20H19F3N2O3. The lowest BCUT2D eigenvalue weighted by molar-refractivity contribution is -0.137. The van der Waals surface area contributed by atoms with Crippen LogP contribution >= 0.6 is 0 Å². The van der Waals surface area contributed by atoms with Crippen LogP contribution in [-0.4, -0.2) is 22.2 Å². The van der Waals surface area contributed by atoms with Gasteiger partial charge in [0.15, 0.2) is 0 Å². The Morgan fingerprint density at radius 1 is 1.29 bits per heavy atom. The molecule has 2 N–H and O–H groups in total. The quantitative estimate of drug-likeness (QED) is 0.782. The maximum absolute atomic E-state index is 13.2. The Balaban J connectivity index is 2.27. The van der Waals surface area contributed by atoms with Crippen LogP contribution in [0.4, 0.5) is 18.9 Å². The number of hydrogen-bond donors (Lipinski definition) is 2. The Bertz CT molecular complexity index is 952.